The summed E-state index contributed by atoms with van der Waals surface area (Å²) >= 11 is 0. The van der Waals surface area contributed by atoms with Crippen LogP contribution in [0, 0.1) is 0 Å². The van der Waals surface area contributed by atoms with Crippen LogP contribution in [0.1, 0.15) is 252 Å². The van der Waals surface area contributed by atoms with Gasteiger partial charge >= 0.3 is 17.9 Å². The zero-order valence-corrected chi connectivity index (χ0v) is 42.5. The molecule has 0 aliphatic carbocycles. The molecule has 0 amide bonds. The minimum atomic E-state index is -0.798. The summed E-state index contributed by atoms with van der Waals surface area (Å²) in [4.78, 5) is 38.1. The number of carbonyl (C=O) groups is 3. The van der Waals surface area contributed by atoms with Gasteiger partial charge in [-0.25, -0.2) is 0 Å². The van der Waals surface area contributed by atoms with Crippen molar-refractivity contribution in [3.63, 3.8) is 0 Å². The first-order valence-electron chi connectivity index (χ1n) is 27.1. The number of carbonyl (C=O) groups excluding carboxylic acids is 3. The van der Waals surface area contributed by atoms with Crippen molar-refractivity contribution in [3.05, 3.63) is 85.1 Å². The van der Waals surface area contributed by atoms with E-state index in [0.29, 0.717) is 19.3 Å². The SMILES string of the molecule is CC/C=C\C/C=C\C/C=C\C/C=C\CCCCCCC(=O)OCC(COC(=O)CCCCCCC/C=C\CCCCCCC)OC(=O)CCCCCCC/C=C\C/C=C\CCCCCC. The summed E-state index contributed by atoms with van der Waals surface area (Å²) in [6.45, 7) is 6.46. The van der Waals surface area contributed by atoms with Crippen molar-refractivity contribution in [2.24, 2.45) is 0 Å². The van der Waals surface area contributed by atoms with Gasteiger partial charge in [-0.1, -0.05) is 202 Å². The van der Waals surface area contributed by atoms with Gasteiger partial charge in [0.2, 0.25) is 0 Å². The first kappa shape index (κ1) is 61.6. The molecule has 0 spiro atoms. The summed E-state index contributed by atoms with van der Waals surface area (Å²) in [6, 6.07) is 0. The largest absolute Gasteiger partial charge is 0.462 e. The van der Waals surface area contributed by atoms with E-state index in [1.807, 2.05) is 0 Å². The van der Waals surface area contributed by atoms with E-state index in [0.717, 1.165) is 128 Å². The number of ether oxygens (including phenoxy) is 3. The molecule has 0 rings (SSSR count). The smallest absolute Gasteiger partial charge is 0.306 e. The molecule has 6 heteroatoms. The van der Waals surface area contributed by atoms with Gasteiger partial charge in [0.25, 0.3) is 0 Å². The predicted octanol–water partition coefficient (Wildman–Crippen LogP) is 18.0. The van der Waals surface area contributed by atoms with Gasteiger partial charge in [0.05, 0.1) is 0 Å². The first-order valence-corrected chi connectivity index (χ1v) is 27.1. The lowest BCUT2D eigenvalue weighted by Gasteiger charge is -2.18. The number of hydrogen-bond donors (Lipinski definition) is 0. The van der Waals surface area contributed by atoms with E-state index < -0.39 is 6.10 Å². The van der Waals surface area contributed by atoms with E-state index >= 15 is 0 Å². The Morgan fingerprint density at radius 1 is 0.323 bits per heavy atom. The second-order valence-corrected chi connectivity index (χ2v) is 17.7. The van der Waals surface area contributed by atoms with Gasteiger partial charge in [0, 0.05) is 19.3 Å². The monoisotopic (exact) mass is 905 g/mol. The minimum Gasteiger partial charge on any atom is -0.462 e. The predicted molar refractivity (Wildman–Crippen MR) is 279 cm³/mol. The Hall–Kier alpha value is -3.41. The Balaban J connectivity index is 4.47. The maximum Gasteiger partial charge on any atom is 0.306 e. The van der Waals surface area contributed by atoms with Crippen LogP contribution in [0.3, 0.4) is 0 Å². The lowest BCUT2D eigenvalue weighted by Crippen LogP contribution is -2.30. The van der Waals surface area contributed by atoms with Crippen molar-refractivity contribution < 1.29 is 28.6 Å². The second kappa shape index (κ2) is 53.2. The van der Waals surface area contributed by atoms with Crippen LogP contribution in [0.5, 0.6) is 0 Å². The van der Waals surface area contributed by atoms with Crippen LogP contribution < -0.4 is 0 Å². The van der Waals surface area contributed by atoms with Crippen molar-refractivity contribution in [2.45, 2.75) is 258 Å². The molecule has 0 aromatic carbocycles. The van der Waals surface area contributed by atoms with Crippen LogP contribution in [0.15, 0.2) is 85.1 Å². The normalized spacial score (nSPS) is 12.7. The van der Waals surface area contributed by atoms with E-state index in [1.165, 1.54) is 83.5 Å². The fourth-order valence-corrected chi connectivity index (χ4v) is 7.28. The third-order valence-corrected chi connectivity index (χ3v) is 11.4. The van der Waals surface area contributed by atoms with Crippen LogP contribution >= 0.6 is 0 Å². The number of unbranched alkanes of at least 4 members (excludes halogenated alkanes) is 23. The van der Waals surface area contributed by atoms with Crippen molar-refractivity contribution in [1.82, 2.24) is 0 Å². The van der Waals surface area contributed by atoms with Crippen LogP contribution in [0.4, 0.5) is 0 Å². The van der Waals surface area contributed by atoms with Crippen LogP contribution in [-0.2, 0) is 28.6 Å². The third-order valence-electron chi connectivity index (χ3n) is 11.4. The van der Waals surface area contributed by atoms with Crippen molar-refractivity contribution in [2.75, 3.05) is 13.2 Å². The Bertz CT molecular complexity index is 1270. The third kappa shape index (κ3) is 51.4. The van der Waals surface area contributed by atoms with Gasteiger partial charge in [0.15, 0.2) is 6.10 Å². The topological polar surface area (TPSA) is 78.9 Å². The van der Waals surface area contributed by atoms with E-state index in [-0.39, 0.29) is 31.1 Å². The number of hydrogen-bond acceptors (Lipinski definition) is 6. The van der Waals surface area contributed by atoms with Gasteiger partial charge in [-0.2, -0.15) is 0 Å². The van der Waals surface area contributed by atoms with Gasteiger partial charge in [0.1, 0.15) is 13.2 Å². The molecule has 0 aliphatic heterocycles. The van der Waals surface area contributed by atoms with E-state index in [2.05, 4.69) is 106 Å². The highest BCUT2D eigenvalue weighted by molar-refractivity contribution is 5.71. The molecule has 372 valence electrons. The maximum atomic E-state index is 12.8. The number of allylic oxidation sites excluding steroid dienone is 14. The summed E-state index contributed by atoms with van der Waals surface area (Å²) in [5, 5.41) is 0. The zero-order chi connectivity index (χ0) is 47.2. The molecule has 0 fully saturated rings. The van der Waals surface area contributed by atoms with E-state index in [9.17, 15) is 14.4 Å². The molecule has 0 N–H and O–H groups in total. The quantitative estimate of drug-likeness (QED) is 0.0262. The lowest BCUT2D eigenvalue weighted by molar-refractivity contribution is -0.167. The standard InChI is InChI=1S/C59H100O6/c1-4-7-10-13-16-19-22-25-28-30-32-34-37-40-43-46-49-52-58(61)64-55-56(54-63-57(60)51-48-45-42-39-36-33-27-24-21-18-15-12-9-6-3)65-59(62)53-50-47-44-41-38-35-31-29-26-23-20-17-14-11-8-5-2/h7,10,16,19-20,23-25,27-29,31-32,34,56H,4-6,8-9,11-15,17-18,21-22,26,30,33,35-55H2,1-3H3/b10-7-,19-16-,23-20-,27-24-,28-25-,31-29-,34-32-. The van der Waals surface area contributed by atoms with Crippen LogP contribution in [0.25, 0.3) is 0 Å². The first-order chi connectivity index (χ1) is 32.0. The molecule has 65 heavy (non-hydrogen) atoms. The number of esters is 3. The zero-order valence-electron chi connectivity index (χ0n) is 42.5. The molecule has 0 radical (unpaired) electrons. The lowest BCUT2D eigenvalue weighted by atomic mass is 10.1. The van der Waals surface area contributed by atoms with Crippen molar-refractivity contribution >= 4 is 17.9 Å². The molecular weight excluding hydrogens is 805 g/mol. The highest BCUT2D eigenvalue weighted by Gasteiger charge is 2.19. The Morgan fingerprint density at radius 2 is 0.600 bits per heavy atom. The molecule has 1 unspecified atom stereocenters. The summed E-state index contributed by atoms with van der Waals surface area (Å²) in [7, 11) is 0. The second-order valence-electron chi connectivity index (χ2n) is 17.7. The fourth-order valence-electron chi connectivity index (χ4n) is 7.28. The number of rotatable bonds is 48. The molecule has 0 aliphatic rings. The van der Waals surface area contributed by atoms with Gasteiger partial charge in [-0.15, -0.1) is 0 Å². The van der Waals surface area contributed by atoms with Gasteiger partial charge in [-0.3, -0.25) is 14.4 Å². The molecule has 0 bridgehead atoms. The Labute approximate surface area is 401 Å². The molecule has 1 atom stereocenters. The average Bonchev–Trinajstić information content (AvgIpc) is 3.30. The summed E-state index contributed by atoms with van der Waals surface area (Å²) in [5.41, 5.74) is 0. The Morgan fingerprint density at radius 3 is 0.969 bits per heavy atom. The van der Waals surface area contributed by atoms with E-state index in [1.54, 1.807) is 0 Å². The van der Waals surface area contributed by atoms with Gasteiger partial charge in [-0.05, 0) is 116 Å². The molecule has 0 heterocycles. The molecule has 0 aromatic heterocycles. The molecule has 0 saturated heterocycles. The molecule has 0 aromatic rings. The summed E-state index contributed by atoms with van der Waals surface area (Å²) < 4.78 is 16.8. The maximum absolute atomic E-state index is 12.8. The van der Waals surface area contributed by atoms with E-state index in [4.69, 9.17) is 14.2 Å². The summed E-state index contributed by atoms with van der Waals surface area (Å²) in [6.07, 6.45) is 68.5. The van der Waals surface area contributed by atoms with Crippen molar-refractivity contribution in [1.29, 1.82) is 0 Å². The molecule has 6 nitrogen and oxygen atoms in total. The van der Waals surface area contributed by atoms with Gasteiger partial charge < -0.3 is 14.2 Å². The Kier molecular flexibility index (Phi) is 50.4. The molecular formula is C59H100O6. The van der Waals surface area contributed by atoms with Crippen LogP contribution in [0.2, 0.25) is 0 Å². The highest BCUT2D eigenvalue weighted by atomic mass is 16.6. The highest BCUT2D eigenvalue weighted by Crippen LogP contribution is 2.13. The van der Waals surface area contributed by atoms with Crippen LogP contribution in [-0.4, -0.2) is 37.2 Å². The van der Waals surface area contributed by atoms with Crippen molar-refractivity contribution in [3.8, 4) is 0 Å². The summed E-state index contributed by atoms with van der Waals surface area (Å²) in [5.74, 6) is -0.939. The minimum absolute atomic E-state index is 0.0949. The molecule has 0 saturated carbocycles. The fraction of sp³-hybridized carbons (Fsp3) is 0.712. The average molecular weight is 905 g/mol.